The van der Waals surface area contributed by atoms with Crippen LogP contribution in [0.1, 0.15) is 11.1 Å². The zero-order chi connectivity index (χ0) is 12.5. The van der Waals surface area contributed by atoms with Crippen molar-refractivity contribution in [2.75, 3.05) is 32.2 Å². The van der Waals surface area contributed by atoms with Crippen molar-refractivity contribution in [2.24, 2.45) is 0 Å². The molecule has 1 rings (SSSR count). The zero-order valence-corrected chi connectivity index (χ0v) is 11.3. The molecule has 1 N–H and O–H groups in total. The largest absolute Gasteiger partial charge is 0.384 e. The minimum absolute atomic E-state index is 0.0855. The molecule has 1 aromatic carbocycles. The summed E-state index contributed by atoms with van der Waals surface area (Å²) in [5, 5.41) is 8.66. The molecule has 2 nitrogen and oxygen atoms in total. The molecule has 0 aliphatic carbocycles. The molecule has 0 aliphatic heterocycles. The summed E-state index contributed by atoms with van der Waals surface area (Å²) < 4.78 is 0. The van der Waals surface area contributed by atoms with Gasteiger partial charge in [0.05, 0.1) is 0 Å². The molecule has 0 bridgehead atoms. The third kappa shape index (κ3) is 5.78. The number of aliphatic hydroxyl groups is 1. The number of thioether (sulfide) groups is 1. The summed E-state index contributed by atoms with van der Waals surface area (Å²) >= 11 is 1.86. The minimum Gasteiger partial charge on any atom is -0.384 e. The SMILES string of the molecule is CSCCN(C)Cc1cccc(C#CCO)c1. The van der Waals surface area contributed by atoms with Crippen LogP contribution in [-0.4, -0.2) is 42.2 Å². The van der Waals surface area contributed by atoms with Gasteiger partial charge in [-0.2, -0.15) is 11.8 Å². The Morgan fingerprint density at radius 2 is 2.24 bits per heavy atom. The summed E-state index contributed by atoms with van der Waals surface area (Å²) in [6, 6.07) is 8.17. The van der Waals surface area contributed by atoms with E-state index < -0.39 is 0 Å². The maximum absolute atomic E-state index is 8.66. The van der Waals surface area contributed by atoms with Crippen LogP contribution in [0.5, 0.6) is 0 Å². The van der Waals surface area contributed by atoms with Crippen LogP contribution in [0.15, 0.2) is 24.3 Å². The van der Waals surface area contributed by atoms with Crippen LogP contribution in [0.3, 0.4) is 0 Å². The monoisotopic (exact) mass is 249 g/mol. The van der Waals surface area contributed by atoms with E-state index in [1.165, 1.54) is 5.56 Å². The molecule has 0 atom stereocenters. The van der Waals surface area contributed by atoms with Crippen LogP contribution < -0.4 is 0 Å². The van der Waals surface area contributed by atoms with Crippen molar-refractivity contribution < 1.29 is 5.11 Å². The third-order valence-electron chi connectivity index (χ3n) is 2.37. The first kappa shape index (κ1) is 14.1. The van der Waals surface area contributed by atoms with Gasteiger partial charge in [0.15, 0.2) is 0 Å². The van der Waals surface area contributed by atoms with Crippen LogP contribution in [0.2, 0.25) is 0 Å². The fourth-order valence-corrected chi connectivity index (χ4v) is 2.02. The Hall–Kier alpha value is -0.950. The van der Waals surface area contributed by atoms with Crippen LogP contribution in [0.4, 0.5) is 0 Å². The lowest BCUT2D eigenvalue weighted by Crippen LogP contribution is -2.20. The smallest absolute Gasteiger partial charge is 0.104 e. The standard InChI is InChI=1S/C14H19NOS/c1-15(8-10-17-2)12-14-6-3-5-13(11-14)7-4-9-16/h3,5-6,11,16H,8-10,12H2,1-2H3. The van der Waals surface area contributed by atoms with Crippen molar-refractivity contribution in [1.29, 1.82) is 0 Å². The fourth-order valence-electron chi connectivity index (χ4n) is 1.53. The molecule has 92 valence electrons. The lowest BCUT2D eigenvalue weighted by molar-refractivity contribution is 0.348. The maximum atomic E-state index is 8.66. The Kier molecular flexibility index (Phi) is 6.80. The summed E-state index contributed by atoms with van der Waals surface area (Å²) in [5.74, 6) is 6.75. The molecule has 0 unspecified atom stereocenters. The number of hydrogen-bond acceptors (Lipinski definition) is 3. The highest BCUT2D eigenvalue weighted by molar-refractivity contribution is 7.98. The number of hydrogen-bond donors (Lipinski definition) is 1. The molecule has 0 amide bonds. The van der Waals surface area contributed by atoms with Gasteiger partial charge in [-0.25, -0.2) is 0 Å². The second kappa shape index (κ2) is 8.19. The Balaban J connectivity index is 2.59. The van der Waals surface area contributed by atoms with Crippen LogP contribution >= 0.6 is 11.8 Å². The summed E-state index contributed by atoms with van der Waals surface area (Å²) in [7, 11) is 2.13. The summed E-state index contributed by atoms with van der Waals surface area (Å²) in [6.07, 6.45) is 2.12. The number of aliphatic hydroxyl groups excluding tert-OH is 1. The van der Waals surface area contributed by atoms with Crippen molar-refractivity contribution in [3.05, 3.63) is 35.4 Å². The van der Waals surface area contributed by atoms with Gasteiger partial charge < -0.3 is 10.0 Å². The van der Waals surface area contributed by atoms with E-state index in [4.69, 9.17) is 5.11 Å². The molecular weight excluding hydrogens is 230 g/mol. The molecular formula is C14H19NOS. The molecule has 0 spiro atoms. The molecule has 17 heavy (non-hydrogen) atoms. The maximum Gasteiger partial charge on any atom is 0.104 e. The van der Waals surface area contributed by atoms with Gasteiger partial charge in [-0.05, 0) is 31.0 Å². The first-order chi connectivity index (χ1) is 8.26. The Labute approximate surface area is 108 Å². The van der Waals surface area contributed by atoms with Gasteiger partial charge in [0.2, 0.25) is 0 Å². The second-order valence-corrected chi connectivity index (χ2v) is 4.88. The van der Waals surface area contributed by atoms with Gasteiger partial charge in [-0.15, -0.1) is 0 Å². The van der Waals surface area contributed by atoms with Crippen molar-refractivity contribution in [2.45, 2.75) is 6.54 Å². The van der Waals surface area contributed by atoms with E-state index in [2.05, 4.69) is 42.2 Å². The second-order valence-electron chi connectivity index (χ2n) is 3.89. The summed E-state index contributed by atoms with van der Waals surface area (Å²) in [4.78, 5) is 2.30. The Morgan fingerprint density at radius 3 is 2.94 bits per heavy atom. The Bertz CT molecular complexity index is 395. The number of nitrogens with zero attached hydrogens (tertiary/aromatic N) is 1. The van der Waals surface area contributed by atoms with Crippen LogP contribution in [0, 0.1) is 11.8 Å². The third-order valence-corrected chi connectivity index (χ3v) is 2.96. The predicted molar refractivity (Wildman–Crippen MR) is 75.1 cm³/mol. The number of benzene rings is 1. The van der Waals surface area contributed by atoms with E-state index in [0.717, 1.165) is 24.4 Å². The number of rotatable bonds is 5. The predicted octanol–water partition coefficient (Wildman–Crippen LogP) is 1.83. The molecule has 3 heteroatoms. The molecule has 0 aliphatic rings. The fraction of sp³-hybridized carbons (Fsp3) is 0.429. The van der Waals surface area contributed by atoms with E-state index in [1.54, 1.807) is 0 Å². The molecule has 0 saturated heterocycles. The molecule has 0 heterocycles. The average Bonchev–Trinajstić information content (AvgIpc) is 2.34. The van der Waals surface area contributed by atoms with Gasteiger partial charge in [-0.3, -0.25) is 0 Å². The van der Waals surface area contributed by atoms with E-state index in [0.29, 0.717) is 0 Å². The molecule has 0 fully saturated rings. The molecule has 0 aromatic heterocycles. The van der Waals surface area contributed by atoms with Crippen molar-refractivity contribution in [3.8, 4) is 11.8 Å². The first-order valence-electron chi connectivity index (χ1n) is 5.62. The van der Waals surface area contributed by atoms with Crippen molar-refractivity contribution >= 4 is 11.8 Å². The average molecular weight is 249 g/mol. The van der Waals surface area contributed by atoms with Gasteiger partial charge >= 0.3 is 0 Å². The van der Waals surface area contributed by atoms with Crippen LogP contribution in [0.25, 0.3) is 0 Å². The van der Waals surface area contributed by atoms with Gasteiger partial charge in [0, 0.05) is 24.4 Å². The summed E-state index contributed by atoms with van der Waals surface area (Å²) in [6.45, 7) is 1.95. The topological polar surface area (TPSA) is 23.5 Å². The molecule has 1 aromatic rings. The van der Waals surface area contributed by atoms with Crippen LogP contribution in [-0.2, 0) is 6.54 Å². The van der Waals surface area contributed by atoms with Gasteiger partial charge in [0.1, 0.15) is 6.61 Å². The minimum atomic E-state index is -0.0855. The first-order valence-corrected chi connectivity index (χ1v) is 7.02. The van der Waals surface area contributed by atoms with E-state index in [9.17, 15) is 0 Å². The van der Waals surface area contributed by atoms with E-state index in [-0.39, 0.29) is 6.61 Å². The van der Waals surface area contributed by atoms with Crippen molar-refractivity contribution in [1.82, 2.24) is 4.90 Å². The highest BCUT2D eigenvalue weighted by Crippen LogP contribution is 2.07. The molecule has 0 saturated carbocycles. The van der Waals surface area contributed by atoms with Crippen molar-refractivity contribution in [3.63, 3.8) is 0 Å². The lowest BCUT2D eigenvalue weighted by atomic mass is 10.1. The highest BCUT2D eigenvalue weighted by Gasteiger charge is 2.00. The summed E-state index contributed by atoms with van der Waals surface area (Å²) in [5.41, 5.74) is 2.23. The van der Waals surface area contributed by atoms with Gasteiger partial charge in [-0.1, -0.05) is 24.0 Å². The zero-order valence-electron chi connectivity index (χ0n) is 10.4. The lowest BCUT2D eigenvalue weighted by Gasteiger charge is -2.15. The quantitative estimate of drug-likeness (QED) is 0.805. The Morgan fingerprint density at radius 1 is 1.41 bits per heavy atom. The normalized spacial score (nSPS) is 10.1. The van der Waals surface area contributed by atoms with E-state index >= 15 is 0 Å². The van der Waals surface area contributed by atoms with E-state index in [1.807, 2.05) is 23.9 Å². The van der Waals surface area contributed by atoms with Gasteiger partial charge in [0.25, 0.3) is 0 Å². The highest BCUT2D eigenvalue weighted by atomic mass is 32.2. The molecule has 0 radical (unpaired) electrons.